The predicted octanol–water partition coefficient (Wildman–Crippen LogP) is 4.54. The number of nitrogens with zero attached hydrogens (tertiary/aromatic N) is 1. The zero-order valence-corrected chi connectivity index (χ0v) is 13.0. The molecule has 0 unspecified atom stereocenters. The third-order valence-electron chi connectivity index (χ3n) is 4.23. The molecule has 2 heteroatoms. The number of unbranched alkanes of at least 4 members (excludes halogenated alkanes) is 5. The van der Waals surface area contributed by atoms with Crippen molar-refractivity contribution in [3.63, 3.8) is 0 Å². The van der Waals surface area contributed by atoms with E-state index in [1.807, 2.05) is 0 Å². The van der Waals surface area contributed by atoms with Crippen LogP contribution in [0.25, 0.3) is 10.9 Å². The predicted molar refractivity (Wildman–Crippen MR) is 87.9 cm³/mol. The third-order valence-corrected chi connectivity index (χ3v) is 4.23. The maximum Gasteiger partial charge on any atom is 0.0480 e. The van der Waals surface area contributed by atoms with Gasteiger partial charge in [0.15, 0.2) is 0 Å². The van der Waals surface area contributed by atoms with Crippen molar-refractivity contribution in [3.8, 4) is 0 Å². The van der Waals surface area contributed by atoms with E-state index in [1.165, 1.54) is 67.1 Å². The standard InChI is InChI=1S/C18H28N2/c1-3-4-5-6-7-8-9-17-13-16-12-15(14-19)10-11-18(16)20(17)2/h10-13H,3-9,14,19H2,1-2H3. The van der Waals surface area contributed by atoms with Crippen molar-refractivity contribution in [3.05, 3.63) is 35.5 Å². The molecule has 2 rings (SSSR count). The van der Waals surface area contributed by atoms with Crippen molar-refractivity contribution in [2.75, 3.05) is 0 Å². The first kappa shape index (κ1) is 15.1. The van der Waals surface area contributed by atoms with Crippen molar-refractivity contribution < 1.29 is 0 Å². The highest BCUT2D eigenvalue weighted by atomic mass is 14.9. The zero-order chi connectivity index (χ0) is 14.4. The van der Waals surface area contributed by atoms with E-state index in [-0.39, 0.29) is 0 Å². The van der Waals surface area contributed by atoms with Crippen LogP contribution in [0.5, 0.6) is 0 Å². The molecule has 0 bridgehead atoms. The summed E-state index contributed by atoms with van der Waals surface area (Å²) in [6, 6.07) is 8.89. The lowest BCUT2D eigenvalue weighted by Crippen LogP contribution is -1.97. The molecule has 0 aliphatic rings. The van der Waals surface area contributed by atoms with Crippen molar-refractivity contribution in [2.45, 2.75) is 58.4 Å². The molecule has 0 fully saturated rings. The number of rotatable bonds is 8. The van der Waals surface area contributed by atoms with E-state index in [9.17, 15) is 0 Å². The SMILES string of the molecule is CCCCCCCCc1cc2cc(CN)ccc2n1C. The van der Waals surface area contributed by atoms with Gasteiger partial charge in [-0.05, 0) is 36.6 Å². The van der Waals surface area contributed by atoms with Gasteiger partial charge in [-0.1, -0.05) is 45.1 Å². The fraction of sp³-hybridized carbons (Fsp3) is 0.556. The summed E-state index contributed by atoms with van der Waals surface area (Å²) in [6.45, 7) is 2.89. The first-order chi connectivity index (χ1) is 9.76. The molecule has 2 aromatic rings. The molecule has 0 spiro atoms. The molecule has 0 aliphatic heterocycles. The minimum absolute atomic E-state index is 0.623. The normalized spacial score (nSPS) is 11.3. The van der Waals surface area contributed by atoms with Crippen LogP contribution in [0.1, 0.15) is 56.7 Å². The van der Waals surface area contributed by atoms with Gasteiger partial charge in [0.05, 0.1) is 0 Å². The van der Waals surface area contributed by atoms with Gasteiger partial charge in [0.2, 0.25) is 0 Å². The second-order valence-electron chi connectivity index (χ2n) is 5.81. The molecule has 1 aromatic heterocycles. The maximum absolute atomic E-state index is 5.72. The van der Waals surface area contributed by atoms with E-state index in [1.54, 1.807) is 0 Å². The molecule has 20 heavy (non-hydrogen) atoms. The average Bonchev–Trinajstić information content (AvgIpc) is 2.78. The Kier molecular flexibility index (Phi) is 5.66. The van der Waals surface area contributed by atoms with Gasteiger partial charge >= 0.3 is 0 Å². The first-order valence-corrected chi connectivity index (χ1v) is 8.03. The summed E-state index contributed by atoms with van der Waals surface area (Å²) in [5.41, 5.74) is 9.71. The number of benzene rings is 1. The molecule has 1 heterocycles. The van der Waals surface area contributed by atoms with Crippen LogP contribution in [-0.4, -0.2) is 4.57 Å². The molecule has 0 atom stereocenters. The molecular formula is C18H28N2. The van der Waals surface area contributed by atoms with Crippen molar-refractivity contribution in [1.29, 1.82) is 0 Å². The van der Waals surface area contributed by atoms with E-state index in [0.29, 0.717) is 6.54 Å². The number of aromatic nitrogens is 1. The number of hydrogen-bond donors (Lipinski definition) is 1. The Balaban J connectivity index is 1.94. The summed E-state index contributed by atoms with van der Waals surface area (Å²) in [5.74, 6) is 0. The zero-order valence-electron chi connectivity index (χ0n) is 13.0. The Labute approximate surface area is 123 Å². The van der Waals surface area contributed by atoms with E-state index in [0.717, 1.165) is 0 Å². The highest BCUT2D eigenvalue weighted by Gasteiger charge is 2.06. The van der Waals surface area contributed by atoms with Crippen LogP contribution in [-0.2, 0) is 20.0 Å². The Hall–Kier alpha value is -1.28. The molecule has 110 valence electrons. The summed E-state index contributed by atoms with van der Waals surface area (Å²) in [4.78, 5) is 0. The van der Waals surface area contributed by atoms with Crippen LogP contribution in [0, 0.1) is 0 Å². The summed E-state index contributed by atoms with van der Waals surface area (Å²) in [5, 5.41) is 1.33. The fourth-order valence-corrected chi connectivity index (χ4v) is 2.91. The molecular weight excluding hydrogens is 244 g/mol. The molecule has 0 aliphatic carbocycles. The molecule has 2 N–H and O–H groups in total. The van der Waals surface area contributed by atoms with E-state index >= 15 is 0 Å². The maximum atomic E-state index is 5.72. The average molecular weight is 272 g/mol. The lowest BCUT2D eigenvalue weighted by atomic mass is 10.1. The minimum Gasteiger partial charge on any atom is -0.348 e. The molecule has 0 saturated heterocycles. The quantitative estimate of drug-likeness (QED) is 0.703. The smallest absolute Gasteiger partial charge is 0.0480 e. The van der Waals surface area contributed by atoms with Crippen molar-refractivity contribution in [2.24, 2.45) is 12.8 Å². The first-order valence-electron chi connectivity index (χ1n) is 8.03. The van der Waals surface area contributed by atoms with Gasteiger partial charge in [-0.3, -0.25) is 0 Å². The van der Waals surface area contributed by atoms with E-state index < -0.39 is 0 Å². The lowest BCUT2D eigenvalue weighted by Gasteiger charge is -2.04. The fourth-order valence-electron chi connectivity index (χ4n) is 2.91. The van der Waals surface area contributed by atoms with Crippen LogP contribution in [0.3, 0.4) is 0 Å². The van der Waals surface area contributed by atoms with Gasteiger partial charge in [-0.25, -0.2) is 0 Å². The van der Waals surface area contributed by atoms with Crippen LogP contribution in [0.2, 0.25) is 0 Å². The van der Waals surface area contributed by atoms with E-state index in [2.05, 4.69) is 42.8 Å². The summed E-state index contributed by atoms with van der Waals surface area (Å²) >= 11 is 0. The van der Waals surface area contributed by atoms with Gasteiger partial charge in [-0.15, -0.1) is 0 Å². The van der Waals surface area contributed by atoms with Crippen LogP contribution in [0.4, 0.5) is 0 Å². The Bertz CT molecular complexity index is 540. The highest BCUT2D eigenvalue weighted by molar-refractivity contribution is 5.82. The summed E-state index contributed by atoms with van der Waals surface area (Å²) in [7, 11) is 2.18. The Morgan fingerprint density at radius 3 is 2.50 bits per heavy atom. The van der Waals surface area contributed by atoms with Gasteiger partial charge in [0.1, 0.15) is 0 Å². The van der Waals surface area contributed by atoms with Gasteiger partial charge in [0.25, 0.3) is 0 Å². The molecule has 1 aromatic carbocycles. The lowest BCUT2D eigenvalue weighted by molar-refractivity contribution is 0.600. The minimum atomic E-state index is 0.623. The van der Waals surface area contributed by atoms with Crippen LogP contribution >= 0.6 is 0 Å². The summed E-state index contributed by atoms with van der Waals surface area (Å²) < 4.78 is 2.33. The monoisotopic (exact) mass is 272 g/mol. The molecule has 2 nitrogen and oxygen atoms in total. The van der Waals surface area contributed by atoms with Gasteiger partial charge in [-0.2, -0.15) is 0 Å². The van der Waals surface area contributed by atoms with E-state index in [4.69, 9.17) is 5.73 Å². The second-order valence-corrected chi connectivity index (χ2v) is 5.81. The van der Waals surface area contributed by atoms with Crippen LogP contribution in [0.15, 0.2) is 24.3 Å². The molecule has 0 saturated carbocycles. The molecule has 0 radical (unpaired) electrons. The Morgan fingerprint density at radius 2 is 1.75 bits per heavy atom. The summed E-state index contributed by atoms with van der Waals surface area (Å²) in [6.07, 6.45) is 9.34. The molecule has 0 amide bonds. The largest absolute Gasteiger partial charge is 0.348 e. The van der Waals surface area contributed by atoms with Crippen LogP contribution < -0.4 is 5.73 Å². The van der Waals surface area contributed by atoms with Crippen molar-refractivity contribution >= 4 is 10.9 Å². The topological polar surface area (TPSA) is 30.9 Å². The third kappa shape index (κ3) is 3.63. The Morgan fingerprint density at radius 1 is 1.00 bits per heavy atom. The second kappa shape index (κ2) is 7.49. The number of aryl methyl sites for hydroxylation is 2. The highest BCUT2D eigenvalue weighted by Crippen LogP contribution is 2.22. The number of hydrogen-bond acceptors (Lipinski definition) is 1. The number of nitrogens with two attached hydrogens (primary N) is 1. The van der Waals surface area contributed by atoms with Gasteiger partial charge < -0.3 is 10.3 Å². The van der Waals surface area contributed by atoms with Crippen molar-refractivity contribution in [1.82, 2.24) is 4.57 Å². The number of fused-ring (bicyclic) bond motifs is 1. The van der Waals surface area contributed by atoms with Gasteiger partial charge in [0, 0.05) is 30.2 Å².